The van der Waals surface area contributed by atoms with Crippen LogP contribution in [-0.2, 0) is 6.54 Å². The highest BCUT2D eigenvalue weighted by Crippen LogP contribution is 2.23. The average molecular weight is 247 g/mol. The second-order valence-corrected chi connectivity index (χ2v) is 4.36. The van der Waals surface area contributed by atoms with Crippen LogP contribution in [0.1, 0.15) is 29.7 Å². The number of aromatic nitrogens is 2. The fraction of sp³-hybridized carbons (Fsp3) is 0.357. The number of rotatable bonds is 4. The number of benzene rings is 1. The molecule has 1 atom stereocenters. The molecule has 2 aromatic rings. The Morgan fingerprint density at radius 1 is 1.39 bits per heavy atom. The predicted molar refractivity (Wildman–Crippen MR) is 69.9 cm³/mol. The van der Waals surface area contributed by atoms with Gasteiger partial charge in [-0.1, -0.05) is 12.1 Å². The van der Waals surface area contributed by atoms with E-state index in [0.717, 1.165) is 17.7 Å². The molecule has 1 aromatic carbocycles. The maximum atomic E-state index is 13.6. The van der Waals surface area contributed by atoms with E-state index in [9.17, 15) is 4.39 Å². The van der Waals surface area contributed by atoms with E-state index in [1.165, 1.54) is 0 Å². The van der Waals surface area contributed by atoms with Crippen LogP contribution in [0.3, 0.4) is 0 Å². The monoisotopic (exact) mass is 247 g/mol. The first-order valence-electron chi connectivity index (χ1n) is 6.11. The molecule has 18 heavy (non-hydrogen) atoms. The number of nitrogens with one attached hydrogen (secondary N) is 1. The minimum absolute atomic E-state index is 0.0274. The highest BCUT2D eigenvalue weighted by molar-refractivity contribution is 5.32. The largest absolute Gasteiger partial charge is 0.309 e. The van der Waals surface area contributed by atoms with Crippen molar-refractivity contribution in [3.8, 4) is 0 Å². The van der Waals surface area contributed by atoms with Crippen molar-refractivity contribution in [2.24, 2.45) is 0 Å². The molecular weight excluding hydrogens is 229 g/mol. The van der Waals surface area contributed by atoms with Crippen LogP contribution in [0.15, 0.2) is 30.6 Å². The van der Waals surface area contributed by atoms with Gasteiger partial charge in [-0.25, -0.2) is 4.39 Å². The summed E-state index contributed by atoms with van der Waals surface area (Å²) in [5.74, 6) is -0.171. The SMILES string of the molecule is CCn1cc(C(NC)c2ccc(C)c(F)c2)cn1. The fourth-order valence-electron chi connectivity index (χ4n) is 2.02. The molecule has 0 saturated carbocycles. The van der Waals surface area contributed by atoms with Gasteiger partial charge in [-0.2, -0.15) is 5.10 Å². The molecule has 96 valence electrons. The third kappa shape index (κ3) is 2.43. The second kappa shape index (κ2) is 5.31. The van der Waals surface area contributed by atoms with E-state index in [0.29, 0.717) is 5.56 Å². The molecule has 0 fully saturated rings. The molecule has 0 aliphatic heterocycles. The molecule has 1 N–H and O–H groups in total. The van der Waals surface area contributed by atoms with Crippen molar-refractivity contribution in [1.82, 2.24) is 15.1 Å². The zero-order chi connectivity index (χ0) is 13.1. The lowest BCUT2D eigenvalue weighted by atomic mass is 10.0. The van der Waals surface area contributed by atoms with Crippen molar-refractivity contribution in [1.29, 1.82) is 0 Å². The molecule has 0 aliphatic carbocycles. The Morgan fingerprint density at radius 3 is 2.72 bits per heavy atom. The Balaban J connectivity index is 2.35. The Morgan fingerprint density at radius 2 is 2.17 bits per heavy atom. The number of hydrogen-bond acceptors (Lipinski definition) is 2. The highest BCUT2D eigenvalue weighted by atomic mass is 19.1. The van der Waals surface area contributed by atoms with E-state index in [1.54, 1.807) is 19.1 Å². The van der Waals surface area contributed by atoms with E-state index in [1.807, 2.05) is 37.1 Å². The molecule has 4 heteroatoms. The predicted octanol–water partition coefficient (Wildman–Crippen LogP) is 2.66. The lowest BCUT2D eigenvalue weighted by molar-refractivity contribution is 0.607. The molecule has 3 nitrogen and oxygen atoms in total. The fourth-order valence-corrected chi connectivity index (χ4v) is 2.02. The minimum atomic E-state index is -0.171. The first kappa shape index (κ1) is 12.8. The van der Waals surface area contributed by atoms with Crippen molar-refractivity contribution in [3.63, 3.8) is 0 Å². The van der Waals surface area contributed by atoms with Crippen molar-refractivity contribution < 1.29 is 4.39 Å². The van der Waals surface area contributed by atoms with Crippen LogP contribution in [0, 0.1) is 12.7 Å². The molecule has 1 aromatic heterocycles. The first-order chi connectivity index (χ1) is 8.65. The van der Waals surface area contributed by atoms with Gasteiger partial charge in [-0.15, -0.1) is 0 Å². The maximum absolute atomic E-state index is 13.6. The van der Waals surface area contributed by atoms with E-state index in [2.05, 4.69) is 10.4 Å². The Bertz CT molecular complexity index is 534. The van der Waals surface area contributed by atoms with Gasteiger partial charge >= 0.3 is 0 Å². The molecule has 1 heterocycles. The second-order valence-electron chi connectivity index (χ2n) is 4.36. The zero-order valence-electron chi connectivity index (χ0n) is 10.9. The summed E-state index contributed by atoms with van der Waals surface area (Å²) in [6.07, 6.45) is 3.81. The molecule has 2 rings (SSSR count). The third-order valence-electron chi connectivity index (χ3n) is 3.13. The molecule has 0 radical (unpaired) electrons. The average Bonchev–Trinajstić information content (AvgIpc) is 2.83. The summed E-state index contributed by atoms with van der Waals surface area (Å²) < 4.78 is 15.5. The summed E-state index contributed by atoms with van der Waals surface area (Å²) in [6.45, 7) is 4.64. The molecular formula is C14H18FN3. The molecule has 0 bridgehead atoms. The minimum Gasteiger partial charge on any atom is -0.309 e. The summed E-state index contributed by atoms with van der Waals surface area (Å²) in [5, 5.41) is 7.45. The van der Waals surface area contributed by atoms with Gasteiger partial charge in [0.2, 0.25) is 0 Å². The smallest absolute Gasteiger partial charge is 0.126 e. The van der Waals surface area contributed by atoms with Crippen LogP contribution in [0.4, 0.5) is 4.39 Å². The van der Waals surface area contributed by atoms with Gasteiger partial charge in [0.25, 0.3) is 0 Å². The van der Waals surface area contributed by atoms with Gasteiger partial charge in [0.05, 0.1) is 12.2 Å². The van der Waals surface area contributed by atoms with Gasteiger partial charge in [0, 0.05) is 18.3 Å². The number of aryl methyl sites for hydroxylation is 2. The van der Waals surface area contributed by atoms with Gasteiger partial charge in [-0.3, -0.25) is 4.68 Å². The van der Waals surface area contributed by atoms with E-state index >= 15 is 0 Å². The van der Waals surface area contributed by atoms with E-state index in [-0.39, 0.29) is 11.9 Å². The van der Waals surface area contributed by atoms with Gasteiger partial charge in [0.1, 0.15) is 5.82 Å². The highest BCUT2D eigenvalue weighted by Gasteiger charge is 2.15. The van der Waals surface area contributed by atoms with E-state index in [4.69, 9.17) is 0 Å². The molecule has 1 unspecified atom stereocenters. The standard InChI is InChI=1S/C14H18FN3/c1-4-18-9-12(8-17-18)14(16-3)11-6-5-10(2)13(15)7-11/h5-9,14,16H,4H2,1-3H3. The van der Waals surface area contributed by atoms with Crippen LogP contribution < -0.4 is 5.32 Å². The van der Waals surface area contributed by atoms with Crippen LogP contribution in [0.25, 0.3) is 0 Å². The van der Waals surface area contributed by atoms with Crippen molar-refractivity contribution in [2.75, 3.05) is 7.05 Å². The van der Waals surface area contributed by atoms with Gasteiger partial charge in [0.15, 0.2) is 0 Å². The summed E-state index contributed by atoms with van der Waals surface area (Å²) in [4.78, 5) is 0. The Hall–Kier alpha value is -1.68. The topological polar surface area (TPSA) is 29.9 Å². The zero-order valence-corrected chi connectivity index (χ0v) is 10.9. The summed E-state index contributed by atoms with van der Waals surface area (Å²) in [5.41, 5.74) is 2.62. The summed E-state index contributed by atoms with van der Waals surface area (Å²) in [6, 6.07) is 5.31. The van der Waals surface area contributed by atoms with Crippen molar-refractivity contribution in [2.45, 2.75) is 26.4 Å². The van der Waals surface area contributed by atoms with Gasteiger partial charge < -0.3 is 5.32 Å². The molecule has 0 saturated heterocycles. The van der Waals surface area contributed by atoms with Crippen LogP contribution in [-0.4, -0.2) is 16.8 Å². The first-order valence-corrected chi connectivity index (χ1v) is 6.11. The van der Waals surface area contributed by atoms with Crippen molar-refractivity contribution >= 4 is 0 Å². The van der Waals surface area contributed by atoms with Crippen molar-refractivity contribution in [3.05, 3.63) is 53.1 Å². The Kier molecular flexibility index (Phi) is 3.77. The van der Waals surface area contributed by atoms with Crippen LogP contribution in [0.5, 0.6) is 0 Å². The van der Waals surface area contributed by atoms with E-state index < -0.39 is 0 Å². The van der Waals surface area contributed by atoms with Crippen LogP contribution in [0.2, 0.25) is 0 Å². The molecule has 0 aliphatic rings. The quantitative estimate of drug-likeness (QED) is 0.900. The number of halogens is 1. The molecule has 0 amide bonds. The third-order valence-corrected chi connectivity index (χ3v) is 3.13. The number of nitrogens with zero attached hydrogens (tertiary/aromatic N) is 2. The van der Waals surface area contributed by atoms with Gasteiger partial charge in [-0.05, 0) is 38.1 Å². The summed E-state index contributed by atoms with van der Waals surface area (Å²) >= 11 is 0. The lowest BCUT2D eigenvalue weighted by Gasteiger charge is -2.15. The normalized spacial score (nSPS) is 12.7. The summed E-state index contributed by atoms with van der Waals surface area (Å²) in [7, 11) is 1.87. The lowest BCUT2D eigenvalue weighted by Crippen LogP contribution is -2.17. The van der Waals surface area contributed by atoms with Crippen LogP contribution >= 0.6 is 0 Å². The maximum Gasteiger partial charge on any atom is 0.126 e. The Labute approximate surface area is 107 Å². The molecule has 0 spiro atoms. The number of hydrogen-bond donors (Lipinski definition) is 1.